The third kappa shape index (κ3) is 3.44. The SMILES string of the molecule is NCC1CCCCN1S(=O)(=O)NCC1CCCC1. The van der Waals surface area contributed by atoms with E-state index in [2.05, 4.69) is 4.72 Å². The van der Waals surface area contributed by atoms with Crippen molar-refractivity contribution in [2.75, 3.05) is 19.6 Å². The Morgan fingerprint density at radius 3 is 2.44 bits per heavy atom. The minimum Gasteiger partial charge on any atom is -0.329 e. The van der Waals surface area contributed by atoms with Crippen LogP contribution >= 0.6 is 0 Å². The van der Waals surface area contributed by atoms with Gasteiger partial charge in [-0.05, 0) is 31.6 Å². The minimum absolute atomic E-state index is 0.0140. The smallest absolute Gasteiger partial charge is 0.279 e. The number of hydrogen-bond donors (Lipinski definition) is 2. The highest BCUT2D eigenvalue weighted by Gasteiger charge is 2.31. The van der Waals surface area contributed by atoms with Gasteiger partial charge in [0.1, 0.15) is 0 Å². The molecule has 0 radical (unpaired) electrons. The molecule has 0 spiro atoms. The Hall–Kier alpha value is -0.170. The molecule has 0 aromatic rings. The lowest BCUT2D eigenvalue weighted by Crippen LogP contribution is -2.52. The van der Waals surface area contributed by atoms with Crippen molar-refractivity contribution in [1.29, 1.82) is 0 Å². The van der Waals surface area contributed by atoms with Gasteiger partial charge < -0.3 is 5.73 Å². The molecule has 3 N–H and O–H groups in total. The van der Waals surface area contributed by atoms with Crippen molar-refractivity contribution in [3.63, 3.8) is 0 Å². The second-order valence-electron chi connectivity index (χ2n) is 5.50. The van der Waals surface area contributed by atoms with Gasteiger partial charge in [-0.25, -0.2) is 4.72 Å². The lowest BCUT2D eigenvalue weighted by atomic mass is 10.1. The molecule has 2 aliphatic rings. The van der Waals surface area contributed by atoms with E-state index in [-0.39, 0.29) is 6.04 Å². The molecular weight excluding hydrogens is 250 g/mol. The molecule has 1 aliphatic carbocycles. The van der Waals surface area contributed by atoms with Crippen molar-refractivity contribution in [2.24, 2.45) is 11.7 Å². The second kappa shape index (κ2) is 6.32. The highest BCUT2D eigenvalue weighted by molar-refractivity contribution is 7.87. The number of nitrogens with zero attached hydrogens (tertiary/aromatic N) is 1. The summed E-state index contributed by atoms with van der Waals surface area (Å²) in [5.41, 5.74) is 5.67. The largest absolute Gasteiger partial charge is 0.329 e. The third-order valence-electron chi connectivity index (χ3n) is 4.18. The lowest BCUT2D eigenvalue weighted by Gasteiger charge is -2.34. The number of hydrogen-bond acceptors (Lipinski definition) is 3. The van der Waals surface area contributed by atoms with E-state index in [0.717, 1.165) is 32.1 Å². The number of rotatable bonds is 5. The standard InChI is InChI=1S/C12H25N3O2S/c13-9-12-7-3-4-8-15(12)18(16,17)14-10-11-5-1-2-6-11/h11-12,14H,1-10,13H2. The predicted molar refractivity (Wildman–Crippen MR) is 72.3 cm³/mol. The summed E-state index contributed by atoms with van der Waals surface area (Å²) in [5.74, 6) is 0.529. The summed E-state index contributed by atoms with van der Waals surface area (Å²) in [7, 11) is -3.33. The van der Waals surface area contributed by atoms with E-state index in [0.29, 0.717) is 25.6 Å². The topological polar surface area (TPSA) is 75.4 Å². The van der Waals surface area contributed by atoms with E-state index in [1.807, 2.05) is 0 Å². The fourth-order valence-corrected chi connectivity index (χ4v) is 4.61. The number of nitrogens with one attached hydrogen (secondary N) is 1. The summed E-state index contributed by atoms with van der Waals surface area (Å²) >= 11 is 0. The first-order valence-corrected chi connectivity index (χ1v) is 8.54. The van der Waals surface area contributed by atoms with Crippen molar-refractivity contribution >= 4 is 10.2 Å². The summed E-state index contributed by atoms with van der Waals surface area (Å²) in [6.07, 6.45) is 7.70. The molecule has 1 saturated heterocycles. The van der Waals surface area contributed by atoms with Crippen molar-refractivity contribution in [3.8, 4) is 0 Å². The first kappa shape index (κ1) is 14.2. The highest BCUT2D eigenvalue weighted by atomic mass is 32.2. The van der Waals surface area contributed by atoms with Crippen LogP contribution in [-0.4, -0.2) is 38.4 Å². The van der Waals surface area contributed by atoms with Crippen LogP contribution in [0.25, 0.3) is 0 Å². The van der Waals surface area contributed by atoms with Crippen LogP contribution < -0.4 is 10.5 Å². The van der Waals surface area contributed by atoms with Crippen LogP contribution in [0.4, 0.5) is 0 Å². The summed E-state index contributed by atoms with van der Waals surface area (Å²) in [5, 5.41) is 0. The highest BCUT2D eigenvalue weighted by Crippen LogP contribution is 2.24. The van der Waals surface area contributed by atoms with Crippen molar-refractivity contribution in [2.45, 2.75) is 51.0 Å². The molecular formula is C12H25N3O2S. The third-order valence-corrected chi connectivity index (χ3v) is 5.81. The Labute approximate surface area is 110 Å². The molecule has 1 aliphatic heterocycles. The summed E-state index contributed by atoms with van der Waals surface area (Å²) in [4.78, 5) is 0. The average Bonchev–Trinajstić information content (AvgIpc) is 2.89. The Morgan fingerprint density at radius 2 is 1.78 bits per heavy atom. The molecule has 0 amide bonds. The van der Waals surface area contributed by atoms with E-state index in [4.69, 9.17) is 5.73 Å². The van der Waals surface area contributed by atoms with E-state index in [9.17, 15) is 8.42 Å². The van der Waals surface area contributed by atoms with Gasteiger partial charge in [0.25, 0.3) is 10.2 Å². The van der Waals surface area contributed by atoms with Gasteiger partial charge >= 0.3 is 0 Å². The maximum Gasteiger partial charge on any atom is 0.279 e. The zero-order valence-corrected chi connectivity index (χ0v) is 11.8. The van der Waals surface area contributed by atoms with Crippen LogP contribution in [0.2, 0.25) is 0 Å². The Morgan fingerprint density at radius 1 is 1.11 bits per heavy atom. The van der Waals surface area contributed by atoms with Crippen LogP contribution in [0, 0.1) is 5.92 Å². The first-order valence-electron chi connectivity index (χ1n) is 7.10. The molecule has 1 atom stereocenters. The summed E-state index contributed by atoms with van der Waals surface area (Å²) in [6.45, 7) is 1.63. The van der Waals surface area contributed by atoms with Gasteiger partial charge in [0, 0.05) is 25.7 Å². The second-order valence-corrected chi connectivity index (χ2v) is 7.21. The van der Waals surface area contributed by atoms with E-state index < -0.39 is 10.2 Å². The van der Waals surface area contributed by atoms with Crippen LogP contribution in [0.1, 0.15) is 44.9 Å². The quantitative estimate of drug-likeness (QED) is 0.780. The van der Waals surface area contributed by atoms with Gasteiger partial charge in [0.2, 0.25) is 0 Å². The molecule has 1 heterocycles. The number of nitrogens with two attached hydrogens (primary N) is 1. The number of piperidine rings is 1. The molecule has 2 fully saturated rings. The first-order chi connectivity index (χ1) is 8.63. The van der Waals surface area contributed by atoms with Crippen molar-refractivity contribution in [3.05, 3.63) is 0 Å². The Balaban J connectivity index is 1.91. The van der Waals surface area contributed by atoms with Gasteiger partial charge in [0.15, 0.2) is 0 Å². The average molecular weight is 275 g/mol. The molecule has 0 bridgehead atoms. The van der Waals surface area contributed by atoms with Crippen LogP contribution in [0.15, 0.2) is 0 Å². The van der Waals surface area contributed by atoms with Crippen LogP contribution in [0.5, 0.6) is 0 Å². The lowest BCUT2D eigenvalue weighted by molar-refractivity contribution is 0.253. The van der Waals surface area contributed by atoms with E-state index in [1.54, 1.807) is 4.31 Å². The minimum atomic E-state index is -3.33. The molecule has 0 aromatic carbocycles. The molecule has 2 rings (SSSR count). The molecule has 1 unspecified atom stereocenters. The fourth-order valence-electron chi connectivity index (χ4n) is 3.05. The molecule has 18 heavy (non-hydrogen) atoms. The predicted octanol–water partition coefficient (Wildman–Crippen LogP) is 0.824. The molecule has 106 valence electrons. The Kier molecular flexibility index (Phi) is 5.00. The van der Waals surface area contributed by atoms with Gasteiger partial charge in [-0.1, -0.05) is 19.3 Å². The Bertz CT molecular complexity index is 352. The van der Waals surface area contributed by atoms with Crippen molar-refractivity contribution in [1.82, 2.24) is 9.03 Å². The summed E-state index contributed by atoms with van der Waals surface area (Å²) in [6, 6.07) is -0.0140. The van der Waals surface area contributed by atoms with Crippen LogP contribution in [0.3, 0.4) is 0 Å². The van der Waals surface area contributed by atoms with Gasteiger partial charge in [-0.15, -0.1) is 0 Å². The van der Waals surface area contributed by atoms with E-state index in [1.165, 1.54) is 12.8 Å². The van der Waals surface area contributed by atoms with Gasteiger partial charge in [0.05, 0.1) is 0 Å². The zero-order chi connectivity index (χ0) is 13.0. The van der Waals surface area contributed by atoms with Gasteiger partial charge in [-0.3, -0.25) is 0 Å². The van der Waals surface area contributed by atoms with E-state index >= 15 is 0 Å². The zero-order valence-electron chi connectivity index (χ0n) is 11.0. The van der Waals surface area contributed by atoms with Gasteiger partial charge in [-0.2, -0.15) is 12.7 Å². The van der Waals surface area contributed by atoms with Crippen molar-refractivity contribution < 1.29 is 8.42 Å². The summed E-state index contributed by atoms with van der Waals surface area (Å²) < 4.78 is 28.9. The molecule has 6 heteroatoms. The maximum atomic E-state index is 12.3. The molecule has 5 nitrogen and oxygen atoms in total. The normalized spacial score (nSPS) is 27.7. The van der Waals surface area contributed by atoms with Crippen LogP contribution in [-0.2, 0) is 10.2 Å². The molecule has 1 saturated carbocycles. The molecule has 0 aromatic heterocycles. The fraction of sp³-hybridized carbons (Fsp3) is 1.00. The monoisotopic (exact) mass is 275 g/mol. The maximum absolute atomic E-state index is 12.3.